The monoisotopic (exact) mass is 272 g/mol. The molecule has 0 saturated carbocycles. The molecule has 0 amide bonds. The van der Waals surface area contributed by atoms with E-state index in [1.54, 1.807) is 13.0 Å². The Balaban J connectivity index is 3.03. The highest BCUT2D eigenvalue weighted by molar-refractivity contribution is 7.89. The van der Waals surface area contributed by atoms with Gasteiger partial charge in [0.15, 0.2) is 0 Å². The zero-order valence-electron chi connectivity index (χ0n) is 9.72. The maximum atomic E-state index is 13.1. The van der Waals surface area contributed by atoms with Gasteiger partial charge in [0.25, 0.3) is 0 Å². The Morgan fingerprint density at radius 3 is 2.78 bits per heavy atom. The van der Waals surface area contributed by atoms with Gasteiger partial charge in [0.2, 0.25) is 10.0 Å². The van der Waals surface area contributed by atoms with Crippen molar-refractivity contribution in [1.29, 1.82) is 5.26 Å². The van der Waals surface area contributed by atoms with Gasteiger partial charge in [-0.3, -0.25) is 0 Å². The number of halogens is 1. The molecule has 1 atom stereocenters. The van der Waals surface area contributed by atoms with E-state index in [4.69, 9.17) is 10.4 Å². The molecule has 1 aromatic carbocycles. The SMILES string of the molecule is CC(CCO)NS(=O)(=O)c1ccc(F)c(C#N)c1. The summed E-state index contributed by atoms with van der Waals surface area (Å²) < 4.78 is 39.1. The van der Waals surface area contributed by atoms with Crippen LogP contribution in [-0.2, 0) is 10.0 Å². The number of aliphatic hydroxyl groups excluding tert-OH is 1. The van der Waals surface area contributed by atoms with Crippen molar-refractivity contribution in [3.05, 3.63) is 29.6 Å². The molecule has 2 N–H and O–H groups in total. The van der Waals surface area contributed by atoms with Crippen LogP contribution in [0.25, 0.3) is 0 Å². The molecular formula is C11H13FN2O3S. The van der Waals surface area contributed by atoms with Crippen molar-refractivity contribution < 1.29 is 17.9 Å². The van der Waals surface area contributed by atoms with Crippen LogP contribution in [0.3, 0.4) is 0 Å². The van der Waals surface area contributed by atoms with Crippen LogP contribution in [0.5, 0.6) is 0 Å². The molecule has 0 saturated heterocycles. The molecule has 0 aliphatic rings. The highest BCUT2D eigenvalue weighted by Gasteiger charge is 2.18. The fraction of sp³-hybridized carbons (Fsp3) is 0.364. The van der Waals surface area contributed by atoms with Crippen molar-refractivity contribution in [3.8, 4) is 6.07 Å². The average Bonchev–Trinajstić information content (AvgIpc) is 2.28. The minimum Gasteiger partial charge on any atom is -0.396 e. The number of benzene rings is 1. The van der Waals surface area contributed by atoms with Gasteiger partial charge in [0.1, 0.15) is 11.9 Å². The lowest BCUT2D eigenvalue weighted by atomic mass is 10.2. The van der Waals surface area contributed by atoms with Gasteiger partial charge < -0.3 is 5.11 Å². The lowest BCUT2D eigenvalue weighted by Crippen LogP contribution is -2.33. The van der Waals surface area contributed by atoms with Gasteiger partial charge >= 0.3 is 0 Å². The van der Waals surface area contributed by atoms with Crippen LogP contribution in [-0.4, -0.2) is 26.2 Å². The summed E-state index contributed by atoms with van der Waals surface area (Å²) in [4.78, 5) is -0.176. The number of nitrogens with zero attached hydrogens (tertiary/aromatic N) is 1. The van der Waals surface area contributed by atoms with Gasteiger partial charge in [-0.25, -0.2) is 17.5 Å². The topological polar surface area (TPSA) is 90.2 Å². The molecule has 0 bridgehead atoms. The Morgan fingerprint density at radius 1 is 1.56 bits per heavy atom. The zero-order chi connectivity index (χ0) is 13.8. The van der Waals surface area contributed by atoms with Crippen molar-refractivity contribution >= 4 is 10.0 Å². The standard InChI is InChI=1S/C11H13FN2O3S/c1-8(4-5-15)14-18(16,17)10-2-3-11(12)9(6-10)7-13/h2-3,6,8,14-15H,4-5H2,1H3. The number of aliphatic hydroxyl groups is 1. The lowest BCUT2D eigenvalue weighted by Gasteiger charge is -2.13. The fourth-order valence-electron chi connectivity index (χ4n) is 1.34. The fourth-order valence-corrected chi connectivity index (χ4v) is 2.65. The summed E-state index contributed by atoms with van der Waals surface area (Å²) in [5.74, 6) is -0.764. The molecular weight excluding hydrogens is 259 g/mol. The largest absolute Gasteiger partial charge is 0.396 e. The summed E-state index contributed by atoms with van der Waals surface area (Å²) in [6.45, 7) is 1.46. The summed E-state index contributed by atoms with van der Waals surface area (Å²) in [5, 5.41) is 17.3. The molecule has 5 nitrogen and oxygen atoms in total. The summed E-state index contributed by atoms with van der Waals surface area (Å²) in [6.07, 6.45) is 0.269. The molecule has 0 spiro atoms. The normalized spacial score (nSPS) is 13.0. The molecule has 0 fully saturated rings. The molecule has 0 heterocycles. The zero-order valence-corrected chi connectivity index (χ0v) is 10.5. The van der Waals surface area contributed by atoms with E-state index in [-0.39, 0.29) is 23.5 Å². The first-order valence-electron chi connectivity index (χ1n) is 5.23. The van der Waals surface area contributed by atoms with Crippen LogP contribution < -0.4 is 4.72 Å². The van der Waals surface area contributed by atoms with E-state index < -0.39 is 21.9 Å². The predicted octanol–water partition coefficient (Wildman–Crippen LogP) is 0.747. The molecule has 18 heavy (non-hydrogen) atoms. The van der Waals surface area contributed by atoms with Crippen LogP contribution in [0.2, 0.25) is 0 Å². The highest BCUT2D eigenvalue weighted by Crippen LogP contribution is 2.15. The molecule has 0 aromatic heterocycles. The Kier molecular flexibility index (Phi) is 4.78. The lowest BCUT2D eigenvalue weighted by molar-refractivity contribution is 0.275. The van der Waals surface area contributed by atoms with Gasteiger partial charge in [0, 0.05) is 12.6 Å². The molecule has 0 aliphatic carbocycles. The Bertz CT molecular complexity index is 566. The maximum absolute atomic E-state index is 13.1. The second kappa shape index (κ2) is 5.91. The van der Waals surface area contributed by atoms with Gasteiger partial charge in [-0.15, -0.1) is 0 Å². The minimum atomic E-state index is -3.81. The van der Waals surface area contributed by atoms with Crippen molar-refractivity contribution in [2.75, 3.05) is 6.61 Å². The highest BCUT2D eigenvalue weighted by atomic mass is 32.2. The van der Waals surface area contributed by atoms with Crippen LogP contribution >= 0.6 is 0 Å². The number of hydrogen-bond donors (Lipinski definition) is 2. The van der Waals surface area contributed by atoms with Gasteiger partial charge in [-0.05, 0) is 31.5 Å². The summed E-state index contributed by atoms with van der Waals surface area (Å²) in [6, 6.07) is 4.13. The van der Waals surface area contributed by atoms with E-state index in [0.29, 0.717) is 0 Å². The smallest absolute Gasteiger partial charge is 0.240 e. The summed E-state index contributed by atoms with van der Waals surface area (Å²) in [7, 11) is -3.81. The second-order valence-corrected chi connectivity index (χ2v) is 5.50. The van der Waals surface area contributed by atoms with Crippen molar-refractivity contribution in [1.82, 2.24) is 4.72 Å². The molecule has 98 valence electrons. The Hall–Kier alpha value is -1.49. The quantitative estimate of drug-likeness (QED) is 0.827. The molecule has 0 radical (unpaired) electrons. The predicted molar refractivity (Wildman–Crippen MR) is 62.6 cm³/mol. The van der Waals surface area contributed by atoms with Gasteiger partial charge in [-0.2, -0.15) is 5.26 Å². The van der Waals surface area contributed by atoms with Gasteiger partial charge in [-0.1, -0.05) is 0 Å². The second-order valence-electron chi connectivity index (χ2n) is 3.79. The molecule has 0 aliphatic heterocycles. The minimum absolute atomic E-state index is 0.142. The average molecular weight is 272 g/mol. The van der Waals surface area contributed by atoms with E-state index in [9.17, 15) is 12.8 Å². The third-order valence-electron chi connectivity index (χ3n) is 2.29. The van der Waals surface area contributed by atoms with Crippen molar-refractivity contribution in [2.45, 2.75) is 24.3 Å². The van der Waals surface area contributed by atoms with Gasteiger partial charge in [0.05, 0.1) is 10.5 Å². The number of rotatable bonds is 5. The molecule has 1 unspecified atom stereocenters. The molecule has 1 aromatic rings. The third-order valence-corrected chi connectivity index (χ3v) is 3.87. The van der Waals surface area contributed by atoms with Crippen LogP contribution in [0, 0.1) is 17.1 Å². The first kappa shape index (κ1) is 14.6. The number of nitrogens with one attached hydrogen (secondary N) is 1. The van der Waals surface area contributed by atoms with E-state index in [2.05, 4.69) is 4.72 Å². The number of nitriles is 1. The summed E-state index contributed by atoms with van der Waals surface area (Å²) >= 11 is 0. The van der Waals surface area contributed by atoms with Crippen molar-refractivity contribution in [2.24, 2.45) is 0 Å². The molecule has 1 rings (SSSR count). The molecule has 7 heteroatoms. The van der Waals surface area contributed by atoms with E-state index in [1.807, 2.05) is 0 Å². The van der Waals surface area contributed by atoms with Crippen LogP contribution in [0.1, 0.15) is 18.9 Å². The van der Waals surface area contributed by atoms with Crippen LogP contribution in [0.4, 0.5) is 4.39 Å². The van der Waals surface area contributed by atoms with E-state index >= 15 is 0 Å². The first-order chi connectivity index (χ1) is 8.40. The summed E-state index contributed by atoms with van der Waals surface area (Å²) in [5.41, 5.74) is -0.326. The Morgan fingerprint density at radius 2 is 2.22 bits per heavy atom. The maximum Gasteiger partial charge on any atom is 0.240 e. The van der Waals surface area contributed by atoms with Crippen LogP contribution in [0.15, 0.2) is 23.1 Å². The van der Waals surface area contributed by atoms with E-state index in [1.165, 1.54) is 0 Å². The van der Waals surface area contributed by atoms with E-state index in [0.717, 1.165) is 18.2 Å². The Labute approximate surface area is 105 Å². The first-order valence-corrected chi connectivity index (χ1v) is 6.72. The number of sulfonamides is 1. The number of hydrogen-bond acceptors (Lipinski definition) is 4. The van der Waals surface area contributed by atoms with Crippen molar-refractivity contribution in [3.63, 3.8) is 0 Å². The third kappa shape index (κ3) is 3.50.